The van der Waals surface area contributed by atoms with Gasteiger partial charge in [-0.05, 0) is 10.3 Å². The maximum atomic E-state index is 11.2. The van der Waals surface area contributed by atoms with Gasteiger partial charge in [0.15, 0.2) is 6.61 Å². The minimum atomic E-state index is -0.114. The van der Waals surface area contributed by atoms with Crippen LogP contribution in [0.4, 0.5) is 0 Å². The number of hydrogen-bond donors (Lipinski definition) is 0. The van der Waals surface area contributed by atoms with Crippen molar-refractivity contribution in [3.8, 4) is 9.85 Å². The molecule has 0 spiro atoms. The fourth-order valence-corrected chi connectivity index (χ4v) is 1.95. The van der Waals surface area contributed by atoms with Crippen molar-refractivity contribution < 1.29 is 9.53 Å². The van der Waals surface area contributed by atoms with E-state index in [0.29, 0.717) is 6.42 Å². The van der Waals surface area contributed by atoms with Gasteiger partial charge in [-0.15, -0.1) is 0 Å². The van der Waals surface area contributed by atoms with Crippen LogP contribution < -0.4 is 0 Å². The second kappa shape index (κ2) is 14.8. The molecule has 0 aliphatic heterocycles. The smallest absolute Gasteiger partial charge is 0.306 e. The van der Waals surface area contributed by atoms with Crippen LogP contribution in [0.3, 0.4) is 0 Å². The Hall–Kier alpha value is -0.240. The van der Waals surface area contributed by atoms with Crippen LogP contribution in [0.25, 0.3) is 0 Å². The molecule has 0 heterocycles. The van der Waals surface area contributed by atoms with Gasteiger partial charge in [0.2, 0.25) is 0 Å². The number of rotatable bonds is 11. The molecule has 0 aliphatic carbocycles. The van der Waals surface area contributed by atoms with Crippen LogP contribution in [0.5, 0.6) is 0 Å². The molecular formula is C15H25IO2. The summed E-state index contributed by atoms with van der Waals surface area (Å²) in [5.74, 6) is 2.59. The molecule has 0 bridgehead atoms. The quantitative estimate of drug-likeness (QED) is 0.227. The second-order valence-electron chi connectivity index (χ2n) is 4.51. The zero-order valence-corrected chi connectivity index (χ0v) is 13.6. The van der Waals surface area contributed by atoms with Crippen molar-refractivity contribution in [3.63, 3.8) is 0 Å². The maximum absolute atomic E-state index is 11.2. The number of halogens is 1. The molecule has 0 aromatic carbocycles. The fraction of sp³-hybridized carbons (Fsp3) is 0.800. The van der Waals surface area contributed by atoms with E-state index in [1.165, 1.54) is 44.9 Å². The van der Waals surface area contributed by atoms with Gasteiger partial charge in [-0.3, -0.25) is 4.79 Å². The third-order valence-electron chi connectivity index (χ3n) is 2.86. The van der Waals surface area contributed by atoms with E-state index in [9.17, 15) is 4.79 Å². The van der Waals surface area contributed by atoms with Gasteiger partial charge in [-0.2, -0.15) is 0 Å². The number of hydrogen-bond acceptors (Lipinski definition) is 2. The monoisotopic (exact) mass is 364 g/mol. The summed E-state index contributed by atoms with van der Waals surface area (Å²) in [5.41, 5.74) is 0. The van der Waals surface area contributed by atoms with Crippen LogP contribution in [-0.4, -0.2) is 12.6 Å². The summed E-state index contributed by atoms with van der Waals surface area (Å²) in [6.45, 7) is 2.48. The fourth-order valence-electron chi connectivity index (χ4n) is 1.80. The van der Waals surface area contributed by atoms with Crippen LogP contribution in [0.2, 0.25) is 0 Å². The normalized spacial score (nSPS) is 9.67. The summed E-state index contributed by atoms with van der Waals surface area (Å²) in [4.78, 5) is 11.2. The molecular weight excluding hydrogens is 339 g/mol. The first kappa shape index (κ1) is 17.8. The van der Waals surface area contributed by atoms with Gasteiger partial charge >= 0.3 is 5.97 Å². The lowest BCUT2D eigenvalue weighted by molar-refractivity contribution is -0.142. The highest BCUT2D eigenvalue weighted by atomic mass is 127. The molecule has 0 N–H and O–H groups in total. The Balaban J connectivity index is 3.14. The Kier molecular flexibility index (Phi) is 14.6. The van der Waals surface area contributed by atoms with Crippen molar-refractivity contribution in [1.82, 2.24) is 0 Å². The molecule has 104 valence electrons. The first-order chi connectivity index (χ1) is 8.81. The third-order valence-corrected chi connectivity index (χ3v) is 3.24. The highest BCUT2D eigenvalue weighted by Gasteiger charge is 2.01. The van der Waals surface area contributed by atoms with Gasteiger partial charge in [-0.25, -0.2) is 0 Å². The van der Waals surface area contributed by atoms with E-state index >= 15 is 0 Å². The minimum Gasteiger partial charge on any atom is -0.452 e. The molecule has 0 aliphatic rings. The predicted octanol–water partition coefficient (Wildman–Crippen LogP) is 4.85. The van der Waals surface area contributed by atoms with E-state index in [-0.39, 0.29) is 12.6 Å². The average molecular weight is 364 g/mol. The molecule has 0 aromatic heterocycles. The van der Waals surface area contributed by atoms with Crippen molar-refractivity contribution in [2.24, 2.45) is 0 Å². The largest absolute Gasteiger partial charge is 0.452 e. The summed E-state index contributed by atoms with van der Waals surface area (Å²) in [7, 11) is 0. The molecule has 3 heteroatoms. The van der Waals surface area contributed by atoms with Crippen molar-refractivity contribution in [3.05, 3.63) is 0 Å². The molecule has 0 saturated carbocycles. The van der Waals surface area contributed by atoms with E-state index in [1.807, 2.05) is 22.6 Å². The van der Waals surface area contributed by atoms with Crippen LogP contribution >= 0.6 is 22.6 Å². The number of carbonyl (C=O) groups is 1. The standard InChI is InChI=1S/C15H25IO2/c1-2-3-4-5-6-7-8-9-10-12-15(17)18-14-11-13-16/h2-10,12,14H2,1H3. The Morgan fingerprint density at radius 2 is 1.56 bits per heavy atom. The van der Waals surface area contributed by atoms with Crippen molar-refractivity contribution in [1.29, 1.82) is 0 Å². The van der Waals surface area contributed by atoms with E-state index < -0.39 is 0 Å². The number of ether oxygens (including phenoxy) is 1. The minimum absolute atomic E-state index is 0.114. The van der Waals surface area contributed by atoms with Crippen molar-refractivity contribution in [2.75, 3.05) is 6.61 Å². The van der Waals surface area contributed by atoms with E-state index in [0.717, 1.165) is 12.8 Å². The molecule has 0 amide bonds. The molecule has 0 unspecified atom stereocenters. The molecule has 0 saturated heterocycles. The highest BCUT2D eigenvalue weighted by Crippen LogP contribution is 2.10. The Labute approximate surface area is 125 Å². The molecule has 0 atom stereocenters. The summed E-state index contributed by atoms with van der Waals surface area (Å²) >= 11 is 1.94. The topological polar surface area (TPSA) is 26.3 Å². The first-order valence-electron chi connectivity index (χ1n) is 7.05. The maximum Gasteiger partial charge on any atom is 0.306 e. The van der Waals surface area contributed by atoms with Gasteiger partial charge < -0.3 is 4.74 Å². The van der Waals surface area contributed by atoms with Crippen LogP contribution in [-0.2, 0) is 9.53 Å². The lowest BCUT2D eigenvalue weighted by Crippen LogP contribution is -2.04. The van der Waals surface area contributed by atoms with E-state index in [1.54, 1.807) is 0 Å². The first-order valence-corrected chi connectivity index (χ1v) is 8.13. The van der Waals surface area contributed by atoms with Gasteiger partial charge in [0.1, 0.15) is 0 Å². The number of unbranched alkanes of at least 4 members (excludes halogenated alkanes) is 8. The Morgan fingerprint density at radius 1 is 1.00 bits per heavy atom. The Bertz CT molecular complexity index is 253. The average Bonchev–Trinajstić information content (AvgIpc) is 2.37. The molecule has 0 fully saturated rings. The van der Waals surface area contributed by atoms with Crippen LogP contribution in [0, 0.1) is 9.85 Å². The number of esters is 1. The van der Waals surface area contributed by atoms with Crippen LogP contribution in [0.1, 0.15) is 71.1 Å². The van der Waals surface area contributed by atoms with Gasteiger partial charge in [0.05, 0.1) is 0 Å². The highest BCUT2D eigenvalue weighted by molar-refractivity contribution is 14.1. The Morgan fingerprint density at radius 3 is 2.11 bits per heavy atom. The van der Waals surface area contributed by atoms with Crippen LogP contribution in [0.15, 0.2) is 0 Å². The van der Waals surface area contributed by atoms with Gasteiger partial charge in [0.25, 0.3) is 0 Å². The van der Waals surface area contributed by atoms with Crippen molar-refractivity contribution in [2.45, 2.75) is 71.1 Å². The predicted molar refractivity (Wildman–Crippen MR) is 84.6 cm³/mol. The SMILES string of the molecule is CCCCCCCCCCCC(=O)OCC#CI. The molecule has 0 rings (SSSR count). The molecule has 2 nitrogen and oxygen atoms in total. The summed E-state index contributed by atoms with van der Waals surface area (Å²) in [6, 6.07) is 0. The molecule has 0 aromatic rings. The van der Waals surface area contributed by atoms with Crippen molar-refractivity contribution >= 4 is 28.6 Å². The van der Waals surface area contributed by atoms with Gasteiger partial charge in [-0.1, -0.05) is 64.2 Å². The number of carbonyl (C=O) groups excluding carboxylic acids is 1. The molecule has 0 radical (unpaired) electrons. The zero-order chi connectivity index (χ0) is 13.5. The van der Waals surface area contributed by atoms with Gasteiger partial charge in [0, 0.05) is 29.0 Å². The van der Waals surface area contributed by atoms with E-state index in [4.69, 9.17) is 4.74 Å². The lowest BCUT2D eigenvalue weighted by atomic mass is 10.1. The van der Waals surface area contributed by atoms with E-state index in [2.05, 4.69) is 16.8 Å². The third kappa shape index (κ3) is 13.8. The summed E-state index contributed by atoms with van der Waals surface area (Å²) < 4.78 is 7.61. The second-order valence-corrected chi connectivity index (χ2v) is 5.05. The summed E-state index contributed by atoms with van der Waals surface area (Å²) in [6.07, 6.45) is 11.9. The summed E-state index contributed by atoms with van der Waals surface area (Å²) in [5, 5.41) is 0. The molecule has 18 heavy (non-hydrogen) atoms. The lowest BCUT2D eigenvalue weighted by Gasteiger charge is -2.02. The zero-order valence-electron chi connectivity index (χ0n) is 11.5.